The van der Waals surface area contributed by atoms with Crippen LogP contribution in [0, 0.1) is 5.82 Å². The average molecular weight is 329 g/mol. The standard InChI is InChI=1S/C18H20FN3O2/c19-14-5-3-13(4-6-14)11-22-16-7-10-24-12-15(16)17(20-22)18(23)21-8-1-2-9-21/h3-6H,1-2,7-12H2. The fourth-order valence-corrected chi connectivity index (χ4v) is 3.44. The zero-order valence-corrected chi connectivity index (χ0v) is 13.5. The minimum atomic E-state index is -0.250. The molecule has 0 atom stereocenters. The fraction of sp³-hybridized carbons (Fsp3) is 0.444. The Morgan fingerprint density at radius 3 is 2.71 bits per heavy atom. The lowest BCUT2D eigenvalue weighted by atomic mass is 10.1. The van der Waals surface area contributed by atoms with Gasteiger partial charge in [-0.15, -0.1) is 0 Å². The number of hydrogen-bond acceptors (Lipinski definition) is 3. The first kappa shape index (κ1) is 15.3. The molecule has 2 aliphatic rings. The van der Waals surface area contributed by atoms with E-state index in [0.717, 1.165) is 49.2 Å². The molecule has 24 heavy (non-hydrogen) atoms. The van der Waals surface area contributed by atoms with Crippen molar-refractivity contribution in [2.45, 2.75) is 32.4 Å². The van der Waals surface area contributed by atoms with Gasteiger partial charge in [-0.25, -0.2) is 4.39 Å². The first-order valence-electron chi connectivity index (χ1n) is 8.42. The second-order valence-corrected chi connectivity index (χ2v) is 6.36. The van der Waals surface area contributed by atoms with Crippen molar-refractivity contribution in [3.8, 4) is 0 Å². The number of benzene rings is 1. The van der Waals surface area contributed by atoms with Gasteiger partial charge in [0.1, 0.15) is 5.82 Å². The highest BCUT2D eigenvalue weighted by Crippen LogP contribution is 2.24. The average Bonchev–Trinajstić information content (AvgIpc) is 3.25. The normalized spacial score (nSPS) is 17.1. The summed E-state index contributed by atoms with van der Waals surface area (Å²) in [6.07, 6.45) is 2.86. The molecule has 0 aliphatic carbocycles. The van der Waals surface area contributed by atoms with Crippen molar-refractivity contribution in [3.63, 3.8) is 0 Å². The van der Waals surface area contributed by atoms with Gasteiger partial charge in [-0.05, 0) is 30.5 Å². The maximum atomic E-state index is 13.1. The van der Waals surface area contributed by atoms with Crippen LogP contribution >= 0.6 is 0 Å². The lowest BCUT2D eigenvalue weighted by Crippen LogP contribution is -2.29. The first-order valence-corrected chi connectivity index (χ1v) is 8.42. The molecule has 5 nitrogen and oxygen atoms in total. The summed E-state index contributed by atoms with van der Waals surface area (Å²) in [5.74, 6) is -0.244. The molecule has 1 saturated heterocycles. The Bertz CT molecular complexity index is 748. The van der Waals surface area contributed by atoms with Crippen molar-refractivity contribution in [2.24, 2.45) is 0 Å². The molecule has 0 bridgehead atoms. The van der Waals surface area contributed by atoms with Gasteiger partial charge >= 0.3 is 0 Å². The highest BCUT2D eigenvalue weighted by Gasteiger charge is 2.29. The van der Waals surface area contributed by atoms with Gasteiger partial charge in [-0.1, -0.05) is 12.1 Å². The number of fused-ring (bicyclic) bond motifs is 1. The molecule has 0 saturated carbocycles. The van der Waals surface area contributed by atoms with Gasteiger partial charge < -0.3 is 9.64 Å². The van der Waals surface area contributed by atoms with E-state index in [4.69, 9.17) is 4.74 Å². The molecular weight excluding hydrogens is 309 g/mol. The van der Waals surface area contributed by atoms with E-state index in [9.17, 15) is 9.18 Å². The predicted molar refractivity (Wildman–Crippen MR) is 86.2 cm³/mol. The molecule has 2 aromatic rings. The largest absolute Gasteiger partial charge is 0.376 e. The number of halogens is 1. The molecule has 1 aromatic carbocycles. The zero-order chi connectivity index (χ0) is 16.5. The van der Waals surface area contributed by atoms with Crippen LogP contribution in [0.1, 0.15) is 40.2 Å². The molecule has 0 radical (unpaired) electrons. The monoisotopic (exact) mass is 329 g/mol. The quantitative estimate of drug-likeness (QED) is 0.869. The Morgan fingerprint density at radius 2 is 1.96 bits per heavy atom. The van der Waals surface area contributed by atoms with Crippen molar-refractivity contribution in [2.75, 3.05) is 19.7 Å². The fourth-order valence-electron chi connectivity index (χ4n) is 3.44. The second kappa shape index (κ2) is 6.36. The third-order valence-corrected chi connectivity index (χ3v) is 4.74. The highest BCUT2D eigenvalue weighted by molar-refractivity contribution is 5.94. The van der Waals surface area contributed by atoms with Crippen LogP contribution in [0.2, 0.25) is 0 Å². The summed E-state index contributed by atoms with van der Waals surface area (Å²) in [6.45, 7) is 3.22. The van der Waals surface area contributed by atoms with E-state index < -0.39 is 0 Å². The van der Waals surface area contributed by atoms with E-state index in [-0.39, 0.29) is 11.7 Å². The number of nitrogens with zero attached hydrogens (tertiary/aromatic N) is 3. The van der Waals surface area contributed by atoms with Gasteiger partial charge in [0.05, 0.1) is 19.8 Å². The molecular formula is C18H20FN3O2. The molecule has 0 unspecified atom stereocenters. The van der Waals surface area contributed by atoms with Crippen LogP contribution in [0.3, 0.4) is 0 Å². The molecule has 126 valence electrons. The van der Waals surface area contributed by atoms with Gasteiger partial charge in [0.15, 0.2) is 5.69 Å². The van der Waals surface area contributed by atoms with Crippen LogP contribution in [0.5, 0.6) is 0 Å². The summed E-state index contributed by atoms with van der Waals surface area (Å²) < 4.78 is 20.5. The number of amides is 1. The highest BCUT2D eigenvalue weighted by atomic mass is 19.1. The summed E-state index contributed by atoms with van der Waals surface area (Å²) in [6, 6.07) is 6.41. The Morgan fingerprint density at radius 1 is 1.21 bits per heavy atom. The lowest BCUT2D eigenvalue weighted by Gasteiger charge is -2.17. The number of carbonyl (C=O) groups excluding carboxylic acids is 1. The zero-order valence-electron chi connectivity index (χ0n) is 13.5. The van der Waals surface area contributed by atoms with E-state index in [1.54, 1.807) is 12.1 Å². The Hall–Kier alpha value is -2.21. The van der Waals surface area contributed by atoms with Crippen molar-refractivity contribution >= 4 is 5.91 Å². The van der Waals surface area contributed by atoms with E-state index >= 15 is 0 Å². The maximum Gasteiger partial charge on any atom is 0.274 e. The Balaban J connectivity index is 1.66. The smallest absolute Gasteiger partial charge is 0.274 e. The molecule has 1 fully saturated rings. The number of aromatic nitrogens is 2. The van der Waals surface area contributed by atoms with E-state index in [0.29, 0.717) is 25.5 Å². The Labute approximate surface area is 140 Å². The van der Waals surface area contributed by atoms with E-state index in [1.807, 2.05) is 9.58 Å². The lowest BCUT2D eigenvalue weighted by molar-refractivity contribution is 0.0772. The van der Waals surface area contributed by atoms with Crippen molar-refractivity contribution in [1.82, 2.24) is 14.7 Å². The van der Waals surface area contributed by atoms with Crippen LogP contribution < -0.4 is 0 Å². The van der Waals surface area contributed by atoms with Crippen molar-refractivity contribution in [1.29, 1.82) is 0 Å². The number of likely N-dealkylation sites (tertiary alicyclic amines) is 1. The molecule has 0 N–H and O–H groups in total. The van der Waals surface area contributed by atoms with Crippen LogP contribution in [0.15, 0.2) is 24.3 Å². The summed E-state index contributed by atoms with van der Waals surface area (Å²) in [4.78, 5) is 14.6. The molecule has 2 aliphatic heterocycles. The molecule has 4 rings (SSSR count). The van der Waals surface area contributed by atoms with Crippen LogP contribution in [-0.2, 0) is 24.3 Å². The van der Waals surface area contributed by atoms with E-state index in [2.05, 4.69) is 5.10 Å². The molecule has 1 aromatic heterocycles. The van der Waals surface area contributed by atoms with Gasteiger partial charge in [-0.3, -0.25) is 9.48 Å². The van der Waals surface area contributed by atoms with Crippen LogP contribution in [0.4, 0.5) is 4.39 Å². The topological polar surface area (TPSA) is 47.4 Å². The minimum Gasteiger partial charge on any atom is -0.376 e. The minimum absolute atomic E-state index is 0.00658. The van der Waals surface area contributed by atoms with Crippen LogP contribution in [-0.4, -0.2) is 40.3 Å². The van der Waals surface area contributed by atoms with Gasteiger partial charge in [0.25, 0.3) is 5.91 Å². The summed E-state index contributed by atoms with van der Waals surface area (Å²) in [7, 11) is 0. The number of ether oxygens (including phenoxy) is 1. The third-order valence-electron chi connectivity index (χ3n) is 4.74. The van der Waals surface area contributed by atoms with E-state index in [1.165, 1.54) is 12.1 Å². The van der Waals surface area contributed by atoms with Crippen molar-refractivity contribution in [3.05, 3.63) is 52.6 Å². The summed E-state index contributed by atoms with van der Waals surface area (Å²) in [5, 5.41) is 4.61. The second-order valence-electron chi connectivity index (χ2n) is 6.36. The first-order chi connectivity index (χ1) is 11.7. The van der Waals surface area contributed by atoms with Gasteiger partial charge in [0.2, 0.25) is 0 Å². The van der Waals surface area contributed by atoms with Crippen molar-refractivity contribution < 1.29 is 13.9 Å². The van der Waals surface area contributed by atoms with Crippen LogP contribution in [0.25, 0.3) is 0 Å². The number of rotatable bonds is 3. The number of carbonyl (C=O) groups is 1. The summed E-state index contributed by atoms with van der Waals surface area (Å²) >= 11 is 0. The molecule has 1 amide bonds. The van der Waals surface area contributed by atoms with Gasteiger partial charge in [-0.2, -0.15) is 5.10 Å². The summed E-state index contributed by atoms with van der Waals surface area (Å²) in [5.41, 5.74) is 3.47. The Kier molecular flexibility index (Phi) is 4.06. The third kappa shape index (κ3) is 2.82. The predicted octanol–water partition coefficient (Wildman–Crippen LogP) is 2.38. The molecule has 0 spiro atoms. The van der Waals surface area contributed by atoms with Gasteiger partial charge in [0, 0.05) is 30.8 Å². The number of hydrogen-bond donors (Lipinski definition) is 0. The SMILES string of the molecule is O=C(c1nn(Cc2ccc(F)cc2)c2c1COCC2)N1CCCC1. The molecule has 3 heterocycles. The maximum absolute atomic E-state index is 13.1. The molecule has 6 heteroatoms.